The Morgan fingerprint density at radius 1 is 1.21 bits per heavy atom. The van der Waals surface area contributed by atoms with Gasteiger partial charge < -0.3 is 10.1 Å². The number of para-hydroxylation sites is 1. The first-order chi connectivity index (χ1) is 11.4. The second kappa shape index (κ2) is 5.62. The summed E-state index contributed by atoms with van der Waals surface area (Å²) in [4.78, 5) is 10.9. The number of ether oxygens (including phenoxy) is 1. The lowest BCUT2D eigenvalue weighted by molar-refractivity contribution is -0.144. The summed E-state index contributed by atoms with van der Waals surface area (Å²) in [6.07, 6.45) is -3.59. The van der Waals surface area contributed by atoms with Crippen molar-refractivity contribution < 1.29 is 22.3 Å². The molecule has 0 aliphatic carbocycles. The van der Waals surface area contributed by atoms with E-state index >= 15 is 0 Å². The number of fused-ring (bicyclic) bond motifs is 1. The Morgan fingerprint density at radius 2 is 1.96 bits per heavy atom. The van der Waals surface area contributed by atoms with E-state index in [2.05, 4.69) is 20.3 Å². The van der Waals surface area contributed by atoms with Gasteiger partial charge in [0.05, 0.1) is 7.11 Å². The maximum Gasteiger partial charge on any atom is 0.451 e. The average molecular weight is 341 g/mol. The van der Waals surface area contributed by atoms with Gasteiger partial charge in [0.1, 0.15) is 17.8 Å². The molecule has 2 heterocycles. The topological polar surface area (TPSA) is 64.9 Å². The van der Waals surface area contributed by atoms with Crippen LogP contribution in [0.25, 0.3) is 16.9 Å². The highest BCUT2D eigenvalue weighted by Crippen LogP contribution is 2.33. The van der Waals surface area contributed by atoms with E-state index in [0.29, 0.717) is 0 Å². The van der Waals surface area contributed by atoms with Crippen molar-refractivity contribution in [3.05, 3.63) is 36.2 Å². The molecule has 126 valence electrons. The van der Waals surface area contributed by atoms with Crippen LogP contribution in [0.4, 0.5) is 23.4 Å². The van der Waals surface area contributed by atoms with Crippen molar-refractivity contribution in [3.63, 3.8) is 0 Å². The van der Waals surface area contributed by atoms with Gasteiger partial charge in [-0.3, -0.25) is 4.57 Å². The van der Waals surface area contributed by atoms with Gasteiger partial charge in [-0.05, 0) is 12.1 Å². The molecule has 10 heteroatoms. The maximum absolute atomic E-state index is 14.2. The number of nitrogens with zero attached hydrogens (tertiary/aromatic N) is 4. The van der Waals surface area contributed by atoms with E-state index in [-0.39, 0.29) is 28.4 Å². The Kier molecular flexibility index (Phi) is 3.74. The Labute approximate surface area is 133 Å². The molecule has 0 saturated carbocycles. The van der Waals surface area contributed by atoms with Gasteiger partial charge in [-0.15, -0.1) is 0 Å². The largest absolute Gasteiger partial charge is 0.494 e. The molecule has 0 unspecified atom stereocenters. The fourth-order valence-electron chi connectivity index (χ4n) is 2.26. The van der Waals surface area contributed by atoms with Crippen molar-refractivity contribution in [3.8, 4) is 11.4 Å². The number of benzene rings is 1. The molecule has 3 rings (SSSR count). The Morgan fingerprint density at radius 3 is 2.58 bits per heavy atom. The SMILES string of the molecule is CNc1nc(C(F)(F)F)nc2c1ncn2-c1c(F)cccc1OC. The van der Waals surface area contributed by atoms with Crippen LogP contribution in [0, 0.1) is 5.82 Å². The number of imidazole rings is 1. The molecule has 1 N–H and O–H groups in total. The van der Waals surface area contributed by atoms with Crippen LogP contribution in [0.2, 0.25) is 0 Å². The molecule has 0 spiro atoms. The van der Waals surface area contributed by atoms with Crippen LogP contribution in [0.1, 0.15) is 5.82 Å². The summed E-state index contributed by atoms with van der Waals surface area (Å²) in [5.74, 6) is -2.02. The zero-order valence-electron chi connectivity index (χ0n) is 12.5. The molecule has 2 aromatic heterocycles. The molecule has 0 saturated heterocycles. The summed E-state index contributed by atoms with van der Waals surface area (Å²) in [5.41, 5.74) is -0.197. The van der Waals surface area contributed by atoms with Crippen molar-refractivity contribution in [1.29, 1.82) is 0 Å². The summed E-state index contributed by atoms with van der Waals surface area (Å²) in [6, 6.07) is 4.07. The minimum atomic E-state index is -4.76. The third-order valence-corrected chi connectivity index (χ3v) is 3.30. The smallest absolute Gasteiger partial charge is 0.451 e. The predicted molar refractivity (Wildman–Crippen MR) is 77.7 cm³/mol. The molecule has 0 radical (unpaired) electrons. The number of hydrogen-bond acceptors (Lipinski definition) is 5. The Balaban J connectivity index is 2.35. The Hall–Kier alpha value is -2.91. The highest BCUT2D eigenvalue weighted by Gasteiger charge is 2.36. The molecule has 0 atom stereocenters. The van der Waals surface area contributed by atoms with Gasteiger partial charge in [0.15, 0.2) is 22.8 Å². The quantitative estimate of drug-likeness (QED) is 0.742. The van der Waals surface area contributed by atoms with Crippen molar-refractivity contribution in [2.45, 2.75) is 6.18 Å². The molecule has 0 aliphatic heterocycles. The van der Waals surface area contributed by atoms with Gasteiger partial charge in [0, 0.05) is 7.05 Å². The van der Waals surface area contributed by atoms with E-state index in [1.54, 1.807) is 0 Å². The summed E-state index contributed by atoms with van der Waals surface area (Å²) in [5, 5.41) is 2.54. The average Bonchev–Trinajstić information content (AvgIpc) is 2.96. The fourth-order valence-corrected chi connectivity index (χ4v) is 2.26. The summed E-state index contributed by atoms with van der Waals surface area (Å²) < 4.78 is 59.5. The normalized spacial score (nSPS) is 11.8. The lowest BCUT2D eigenvalue weighted by Gasteiger charge is -2.12. The van der Waals surface area contributed by atoms with Crippen LogP contribution < -0.4 is 10.1 Å². The number of rotatable bonds is 3. The van der Waals surface area contributed by atoms with Crippen LogP contribution in [0.5, 0.6) is 5.75 Å². The molecule has 1 aromatic carbocycles. The first-order valence-corrected chi connectivity index (χ1v) is 6.69. The van der Waals surface area contributed by atoms with Crippen molar-refractivity contribution in [2.24, 2.45) is 0 Å². The number of aromatic nitrogens is 4. The van der Waals surface area contributed by atoms with Gasteiger partial charge in [0.2, 0.25) is 5.82 Å². The molecule has 3 aromatic rings. The van der Waals surface area contributed by atoms with Gasteiger partial charge in [-0.1, -0.05) is 6.07 Å². The zero-order chi connectivity index (χ0) is 17.5. The third-order valence-electron chi connectivity index (χ3n) is 3.30. The second-order valence-corrected chi connectivity index (χ2v) is 4.72. The summed E-state index contributed by atoms with van der Waals surface area (Å²) in [7, 11) is 2.73. The molecule has 0 aliphatic rings. The molecule has 0 fully saturated rings. The second-order valence-electron chi connectivity index (χ2n) is 4.72. The summed E-state index contributed by atoms with van der Waals surface area (Å²) in [6.45, 7) is 0. The third kappa shape index (κ3) is 2.49. The molecule has 0 bridgehead atoms. The monoisotopic (exact) mass is 341 g/mol. The van der Waals surface area contributed by atoms with E-state index in [0.717, 1.165) is 10.6 Å². The lowest BCUT2D eigenvalue weighted by Crippen LogP contribution is -2.13. The number of nitrogens with one attached hydrogen (secondary N) is 1. The summed E-state index contributed by atoms with van der Waals surface area (Å²) >= 11 is 0. The molecule has 24 heavy (non-hydrogen) atoms. The predicted octanol–water partition coefficient (Wildman–Crippen LogP) is 3.02. The number of alkyl halides is 3. The molecular weight excluding hydrogens is 330 g/mol. The van der Waals surface area contributed by atoms with E-state index in [9.17, 15) is 17.6 Å². The number of methoxy groups -OCH3 is 1. The number of anilines is 1. The van der Waals surface area contributed by atoms with Crippen LogP contribution >= 0.6 is 0 Å². The minimum absolute atomic E-state index is 0.0795. The van der Waals surface area contributed by atoms with E-state index in [4.69, 9.17) is 4.74 Å². The van der Waals surface area contributed by atoms with Gasteiger partial charge in [-0.2, -0.15) is 13.2 Å². The molecule has 0 amide bonds. The Bertz CT molecular complexity index is 906. The molecule has 6 nitrogen and oxygen atoms in total. The van der Waals surface area contributed by atoms with E-state index in [1.165, 1.54) is 32.6 Å². The van der Waals surface area contributed by atoms with Gasteiger partial charge in [-0.25, -0.2) is 19.3 Å². The fraction of sp³-hybridized carbons (Fsp3) is 0.214. The van der Waals surface area contributed by atoms with Crippen molar-refractivity contribution in [1.82, 2.24) is 19.5 Å². The highest BCUT2D eigenvalue weighted by molar-refractivity contribution is 5.84. The first-order valence-electron chi connectivity index (χ1n) is 6.69. The van der Waals surface area contributed by atoms with Crippen LogP contribution in [0.15, 0.2) is 24.5 Å². The highest BCUT2D eigenvalue weighted by atomic mass is 19.4. The zero-order valence-corrected chi connectivity index (χ0v) is 12.5. The minimum Gasteiger partial charge on any atom is -0.494 e. The number of halogens is 4. The first kappa shape index (κ1) is 16.0. The molecular formula is C14H11F4N5O. The number of hydrogen-bond donors (Lipinski definition) is 1. The van der Waals surface area contributed by atoms with Gasteiger partial charge in [0.25, 0.3) is 0 Å². The lowest BCUT2D eigenvalue weighted by atomic mass is 10.2. The van der Waals surface area contributed by atoms with E-state index < -0.39 is 17.8 Å². The van der Waals surface area contributed by atoms with Crippen LogP contribution in [-0.4, -0.2) is 33.7 Å². The maximum atomic E-state index is 14.2. The van der Waals surface area contributed by atoms with E-state index in [1.807, 2.05) is 0 Å². The van der Waals surface area contributed by atoms with Crippen molar-refractivity contribution in [2.75, 3.05) is 19.5 Å². The van der Waals surface area contributed by atoms with Crippen molar-refractivity contribution >= 4 is 17.0 Å². The van der Waals surface area contributed by atoms with Gasteiger partial charge >= 0.3 is 6.18 Å². The van der Waals surface area contributed by atoms with Crippen LogP contribution in [0.3, 0.4) is 0 Å². The standard InChI is InChI=1S/C14H11F4N5O/c1-19-11-9-12(22-13(21-11)14(16,17)18)23(6-20-9)10-7(15)4-3-5-8(10)24-2/h3-6H,1-2H3,(H,19,21,22). The van der Waals surface area contributed by atoms with Crippen LogP contribution in [-0.2, 0) is 6.18 Å².